The van der Waals surface area contributed by atoms with Gasteiger partial charge in [0.1, 0.15) is 4.91 Å². The Morgan fingerprint density at radius 3 is 1.93 bits per heavy atom. The van der Waals surface area contributed by atoms with Gasteiger partial charge in [0.2, 0.25) is 0 Å². The van der Waals surface area contributed by atoms with Crippen molar-refractivity contribution in [3.63, 3.8) is 0 Å². The topological polar surface area (TPSA) is 69.7 Å². The van der Waals surface area contributed by atoms with Crippen LogP contribution < -0.4 is 0 Å². The lowest BCUT2D eigenvalue weighted by Crippen LogP contribution is -2.09. The fourth-order valence-electron chi connectivity index (χ4n) is 2.37. The number of ether oxygens (including phenoxy) is 2. The van der Waals surface area contributed by atoms with Gasteiger partial charge in [-0.2, -0.15) is 0 Å². The fourth-order valence-corrected chi connectivity index (χ4v) is 3.18. The van der Waals surface area contributed by atoms with Crippen LogP contribution in [0.15, 0.2) is 77.1 Å². The summed E-state index contributed by atoms with van der Waals surface area (Å²) in [4.78, 5) is 37.2. The van der Waals surface area contributed by atoms with Crippen LogP contribution in [-0.2, 0) is 19.1 Å². The van der Waals surface area contributed by atoms with Crippen LogP contribution in [0.5, 0.6) is 0 Å². The highest BCUT2D eigenvalue weighted by Gasteiger charge is 2.18. The molecule has 29 heavy (non-hydrogen) atoms. The Hall–Kier alpha value is -3.12. The largest absolute Gasteiger partial charge is 0.463 e. The van der Waals surface area contributed by atoms with Gasteiger partial charge in [0.05, 0.1) is 13.2 Å². The van der Waals surface area contributed by atoms with Crippen molar-refractivity contribution in [3.05, 3.63) is 88.2 Å². The first-order chi connectivity index (χ1) is 14.1. The van der Waals surface area contributed by atoms with E-state index in [0.29, 0.717) is 16.7 Å². The molecule has 0 heterocycles. The number of hydrogen-bond donors (Lipinski definition) is 0. The average molecular weight is 410 g/mol. The molecular formula is C23H22O5S. The van der Waals surface area contributed by atoms with Crippen LogP contribution in [0.2, 0.25) is 0 Å². The molecule has 0 bridgehead atoms. The minimum Gasteiger partial charge on any atom is -0.463 e. The van der Waals surface area contributed by atoms with Gasteiger partial charge in [0.25, 0.3) is 0 Å². The van der Waals surface area contributed by atoms with Crippen molar-refractivity contribution in [2.24, 2.45) is 0 Å². The zero-order chi connectivity index (χ0) is 21.1. The van der Waals surface area contributed by atoms with Crippen molar-refractivity contribution in [1.82, 2.24) is 0 Å². The molecule has 5 nitrogen and oxygen atoms in total. The van der Waals surface area contributed by atoms with E-state index in [1.807, 2.05) is 36.4 Å². The monoisotopic (exact) mass is 410 g/mol. The van der Waals surface area contributed by atoms with E-state index in [1.165, 1.54) is 0 Å². The third kappa shape index (κ3) is 6.76. The van der Waals surface area contributed by atoms with E-state index in [1.54, 1.807) is 43.5 Å². The van der Waals surface area contributed by atoms with Gasteiger partial charge in [-0.05, 0) is 24.8 Å². The molecule has 0 radical (unpaired) electrons. The van der Waals surface area contributed by atoms with E-state index in [9.17, 15) is 14.4 Å². The van der Waals surface area contributed by atoms with Crippen molar-refractivity contribution in [2.45, 2.75) is 13.8 Å². The Balaban J connectivity index is 2.41. The van der Waals surface area contributed by atoms with Crippen molar-refractivity contribution in [2.75, 3.05) is 13.2 Å². The van der Waals surface area contributed by atoms with E-state index >= 15 is 0 Å². The van der Waals surface area contributed by atoms with Gasteiger partial charge in [-0.3, -0.25) is 4.79 Å². The maximum absolute atomic E-state index is 13.1. The molecule has 0 spiro atoms. The highest BCUT2D eigenvalue weighted by Crippen LogP contribution is 2.27. The predicted molar refractivity (Wildman–Crippen MR) is 114 cm³/mol. The minimum atomic E-state index is -0.652. The number of hydrogen-bond acceptors (Lipinski definition) is 6. The Labute approximate surface area is 174 Å². The molecule has 2 rings (SSSR count). The third-order valence-electron chi connectivity index (χ3n) is 3.68. The zero-order valence-electron chi connectivity index (χ0n) is 16.3. The Morgan fingerprint density at radius 1 is 0.828 bits per heavy atom. The molecule has 0 amide bonds. The van der Waals surface area contributed by atoms with E-state index in [2.05, 4.69) is 0 Å². The molecule has 0 aliphatic heterocycles. The first-order valence-electron chi connectivity index (χ1n) is 9.14. The third-order valence-corrected chi connectivity index (χ3v) is 4.57. The first kappa shape index (κ1) is 22.2. The highest BCUT2D eigenvalue weighted by atomic mass is 32.2. The minimum absolute atomic E-state index is 0.0413. The van der Waals surface area contributed by atoms with Gasteiger partial charge in [0, 0.05) is 17.2 Å². The molecule has 0 atom stereocenters. The normalized spacial score (nSPS) is 11.7. The van der Waals surface area contributed by atoms with Crippen LogP contribution in [0, 0.1) is 0 Å². The van der Waals surface area contributed by atoms with Crippen LogP contribution in [0.4, 0.5) is 0 Å². The number of thioether (sulfide) groups is 1. The second-order valence-electron chi connectivity index (χ2n) is 5.69. The summed E-state index contributed by atoms with van der Waals surface area (Å²) in [6.07, 6.45) is 1.08. The van der Waals surface area contributed by atoms with Crippen LogP contribution in [0.25, 0.3) is 5.57 Å². The highest BCUT2D eigenvalue weighted by molar-refractivity contribution is 8.06. The molecule has 0 fully saturated rings. The molecule has 0 saturated carbocycles. The smallest absolute Gasteiger partial charge is 0.345 e. The second kappa shape index (κ2) is 11.7. The Kier molecular flexibility index (Phi) is 8.92. The summed E-state index contributed by atoms with van der Waals surface area (Å²) in [6.45, 7) is 3.70. The number of benzene rings is 2. The lowest BCUT2D eigenvalue weighted by Gasteiger charge is -2.09. The molecule has 0 unspecified atom stereocenters. The summed E-state index contributed by atoms with van der Waals surface area (Å²) >= 11 is 0.953. The van der Waals surface area contributed by atoms with Crippen LogP contribution in [0.1, 0.15) is 29.8 Å². The number of carbonyl (C=O) groups is 3. The van der Waals surface area contributed by atoms with Crippen molar-refractivity contribution >= 4 is 35.1 Å². The van der Waals surface area contributed by atoms with Crippen LogP contribution in [0.3, 0.4) is 0 Å². The molecule has 6 heteroatoms. The lowest BCUT2D eigenvalue weighted by molar-refractivity contribution is -0.140. The van der Waals surface area contributed by atoms with Gasteiger partial charge < -0.3 is 9.47 Å². The Morgan fingerprint density at radius 2 is 1.38 bits per heavy atom. The quantitative estimate of drug-likeness (QED) is 0.340. The van der Waals surface area contributed by atoms with Gasteiger partial charge in [-0.1, -0.05) is 72.4 Å². The predicted octanol–water partition coefficient (Wildman–Crippen LogP) is 4.65. The number of esters is 2. The number of Topliss-reactive ketones (excluding diaryl/α,β-unsaturated/α-hetero) is 1. The van der Waals surface area contributed by atoms with E-state index in [-0.39, 0.29) is 23.9 Å². The van der Waals surface area contributed by atoms with E-state index < -0.39 is 11.9 Å². The average Bonchev–Trinajstić information content (AvgIpc) is 2.74. The lowest BCUT2D eigenvalue weighted by atomic mass is 9.98. The summed E-state index contributed by atoms with van der Waals surface area (Å²) < 4.78 is 9.90. The van der Waals surface area contributed by atoms with Gasteiger partial charge in [-0.25, -0.2) is 9.59 Å². The number of carbonyl (C=O) groups excluding carboxylic acids is 3. The SMILES string of the molecule is CCOC(=O)/C=C(\S/C=C(/C(=O)c1ccccc1)c1ccccc1)C(=O)OCC. The van der Waals surface area contributed by atoms with Crippen molar-refractivity contribution in [1.29, 1.82) is 0 Å². The van der Waals surface area contributed by atoms with Gasteiger partial charge in [-0.15, -0.1) is 0 Å². The van der Waals surface area contributed by atoms with Crippen LogP contribution in [-0.4, -0.2) is 30.9 Å². The molecule has 0 aliphatic rings. The molecule has 0 aliphatic carbocycles. The maximum Gasteiger partial charge on any atom is 0.345 e. The van der Waals surface area contributed by atoms with Crippen molar-refractivity contribution < 1.29 is 23.9 Å². The summed E-state index contributed by atoms with van der Waals surface area (Å²) in [5.74, 6) is -1.49. The van der Waals surface area contributed by atoms with Gasteiger partial charge in [0.15, 0.2) is 5.78 Å². The van der Waals surface area contributed by atoms with Crippen molar-refractivity contribution in [3.8, 4) is 0 Å². The number of allylic oxidation sites excluding steroid dienone is 1. The zero-order valence-corrected chi connectivity index (χ0v) is 17.1. The van der Waals surface area contributed by atoms with Gasteiger partial charge >= 0.3 is 11.9 Å². The molecule has 0 saturated heterocycles. The molecule has 0 N–H and O–H groups in total. The summed E-state index contributed by atoms with van der Waals surface area (Å²) in [7, 11) is 0. The second-order valence-corrected chi connectivity index (χ2v) is 6.60. The Bertz CT molecular complexity index is 901. The van der Waals surface area contributed by atoms with E-state index in [0.717, 1.165) is 17.8 Å². The summed E-state index contributed by atoms with van der Waals surface area (Å²) in [5.41, 5.74) is 1.63. The number of ketones is 1. The fraction of sp³-hybridized carbons (Fsp3) is 0.174. The maximum atomic E-state index is 13.1. The molecule has 150 valence electrons. The molecule has 0 aromatic heterocycles. The summed E-state index contributed by atoms with van der Waals surface area (Å²) in [5, 5.41) is 1.56. The summed E-state index contributed by atoms with van der Waals surface area (Å²) in [6, 6.07) is 18.0. The molecule has 2 aromatic carbocycles. The first-order valence-corrected chi connectivity index (χ1v) is 10.0. The molecular weight excluding hydrogens is 388 g/mol. The number of rotatable bonds is 9. The standard InChI is InChI=1S/C23H22O5S/c1-3-27-21(24)15-20(23(26)28-4-2)29-16-19(17-11-7-5-8-12-17)22(25)18-13-9-6-10-14-18/h5-16H,3-4H2,1-2H3/b19-16+,20-15-. The molecule has 2 aromatic rings. The van der Waals surface area contributed by atoms with Crippen LogP contribution >= 0.6 is 11.8 Å². The van der Waals surface area contributed by atoms with E-state index in [4.69, 9.17) is 9.47 Å².